The largest absolute Gasteiger partial charge is 0.477 e. The number of hydrogen-bond acceptors (Lipinski definition) is 5. The molecule has 92 valence electrons. The Balaban J connectivity index is 2.59. The second-order valence-corrected chi connectivity index (χ2v) is 4.51. The van der Waals surface area contributed by atoms with Crippen molar-refractivity contribution in [3.8, 4) is 10.6 Å². The van der Waals surface area contributed by atoms with Gasteiger partial charge in [-0.1, -0.05) is 12.1 Å². The van der Waals surface area contributed by atoms with Crippen LogP contribution in [0.2, 0.25) is 0 Å². The van der Waals surface area contributed by atoms with Crippen LogP contribution in [-0.2, 0) is 0 Å². The summed E-state index contributed by atoms with van der Waals surface area (Å²) in [6.45, 7) is 1.57. The lowest BCUT2D eigenvalue weighted by molar-refractivity contribution is -0.384. The number of para-hydroxylation sites is 1. The number of nitro benzene ring substituents is 1. The molecule has 0 aliphatic heterocycles. The maximum atomic E-state index is 10.9. The highest BCUT2D eigenvalue weighted by atomic mass is 32.1. The zero-order chi connectivity index (χ0) is 13.3. The summed E-state index contributed by atoms with van der Waals surface area (Å²) in [6, 6.07) is 6.13. The Morgan fingerprint density at radius 1 is 1.44 bits per heavy atom. The van der Waals surface area contributed by atoms with E-state index in [1.807, 2.05) is 0 Å². The second kappa shape index (κ2) is 4.53. The van der Waals surface area contributed by atoms with E-state index in [2.05, 4.69) is 4.98 Å². The Bertz CT molecular complexity index is 636. The van der Waals surface area contributed by atoms with Crippen molar-refractivity contribution < 1.29 is 14.8 Å². The summed E-state index contributed by atoms with van der Waals surface area (Å²) in [4.78, 5) is 25.5. The van der Waals surface area contributed by atoms with Crippen LogP contribution < -0.4 is 0 Å². The summed E-state index contributed by atoms with van der Waals surface area (Å²) in [5.74, 6) is -1.07. The molecule has 0 saturated carbocycles. The van der Waals surface area contributed by atoms with Gasteiger partial charge in [-0.25, -0.2) is 9.78 Å². The van der Waals surface area contributed by atoms with Gasteiger partial charge >= 0.3 is 5.97 Å². The molecule has 2 aromatic rings. The van der Waals surface area contributed by atoms with Crippen LogP contribution in [0, 0.1) is 17.0 Å². The van der Waals surface area contributed by atoms with Gasteiger partial charge in [0.15, 0.2) is 0 Å². The molecule has 6 nitrogen and oxygen atoms in total. The first-order chi connectivity index (χ1) is 8.50. The minimum Gasteiger partial charge on any atom is -0.477 e. The van der Waals surface area contributed by atoms with Gasteiger partial charge in [0.25, 0.3) is 5.69 Å². The Morgan fingerprint density at radius 2 is 2.11 bits per heavy atom. The first kappa shape index (κ1) is 12.2. The highest BCUT2D eigenvalue weighted by Crippen LogP contribution is 2.33. The minimum atomic E-state index is -1.07. The normalized spacial score (nSPS) is 10.3. The predicted octanol–water partition coefficient (Wildman–Crippen LogP) is 2.72. The van der Waals surface area contributed by atoms with Gasteiger partial charge < -0.3 is 5.11 Å². The van der Waals surface area contributed by atoms with Crippen LogP contribution in [0.15, 0.2) is 24.3 Å². The van der Waals surface area contributed by atoms with Crippen molar-refractivity contribution in [1.29, 1.82) is 0 Å². The van der Waals surface area contributed by atoms with Gasteiger partial charge in [0.1, 0.15) is 9.88 Å². The smallest absolute Gasteiger partial charge is 0.347 e. The lowest BCUT2D eigenvalue weighted by Gasteiger charge is -1.97. The number of thiazole rings is 1. The third-order valence-corrected chi connectivity index (χ3v) is 3.50. The first-order valence-electron chi connectivity index (χ1n) is 4.95. The summed E-state index contributed by atoms with van der Waals surface area (Å²) < 4.78 is 0. The van der Waals surface area contributed by atoms with Gasteiger partial charge in [0.05, 0.1) is 16.2 Å². The number of carboxylic acids is 1. The van der Waals surface area contributed by atoms with Crippen molar-refractivity contribution in [2.75, 3.05) is 0 Å². The Kier molecular flexibility index (Phi) is 3.07. The Labute approximate surface area is 106 Å². The number of benzene rings is 1. The van der Waals surface area contributed by atoms with E-state index >= 15 is 0 Å². The van der Waals surface area contributed by atoms with Crippen LogP contribution >= 0.6 is 11.3 Å². The molecule has 0 fully saturated rings. The molecule has 0 bridgehead atoms. The zero-order valence-electron chi connectivity index (χ0n) is 9.28. The molecule has 0 amide bonds. The molecule has 0 aliphatic carbocycles. The van der Waals surface area contributed by atoms with Gasteiger partial charge in [-0.15, -0.1) is 11.3 Å². The van der Waals surface area contributed by atoms with E-state index in [0.717, 1.165) is 11.3 Å². The zero-order valence-corrected chi connectivity index (χ0v) is 10.1. The quantitative estimate of drug-likeness (QED) is 0.679. The number of aryl methyl sites for hydroxylation is 1. The van der Waals surface area contributed by atoms with E-state index in [9.17, 15) is 14.9 Å². The summed E-state index contributed by atoms with van der Waals surface area (Å²) in [6.07, 6.45) is 0. The van der Waals surface area contributed by atoms with E-state index in [1.165, 1.54) is 6.07 Å². The van der Waals surface area contributed by atoms with E-state index in [1.54, 1.807) is 25.1 Å². The van der Waals surface area contributed by atoms with Crippen LogP contribution in [0.25, 0.3) is 10.6 Å². The SMILES string of the molecule is Cc1nc(-c2ccccc2[N+](=O)[O-])sc1C(=O)O. The van der Waals surface area contributed by atoms with Crippen molar-refractivity contribution in [2.24, 2.45) is 0 Å². The Morgan fingerprint density at radius 3 is 2.67 bits per heavy atom. The van der Waals surface area contributed by atoms with Gasteiger partial charge in [-0.2, -0.15) is 0 Å². The molecule has 0 aliphatic rings. The topological polar surface area (TPSA) is 93.3 Å². The maximum Gasteiger partial charge on any atom is 0.347 e. The molecular weight excluding hydrogens is 256 g/mol. The number of nitro groups is 1. The fraction of sp³-hybridized carbons (Fsp3) is 0.0909. The lowest BCUT2D eigenvalue weighted by Crippen LogP contribution is -1.94. The molecule has 2 rings (SSSR count). The molecule has 1 aromatic carbocycles. The monoisotopic (exact) mass is 264 g/mol. The standard InChI is InChI=1S/C11H8N2O4S/c1-6-9(11(14)15)18-10(12-6)7-4-2-3-5-8(7)13(16)17/h2-5H,1H3,(H,14,15). The van der Waals surface area contributed by atoms with Crippen LogP contribution in [0.4, 0.5) is 5.69 Å². The van der Waals surface area contributed by atoms with E-state index in [4.69, 9.17) is 5.11 Å². The third kappa shape index (κ3) is 2.07. The van der Waals surface area contributed by atoms with Crippen molar-refractivity contribution in [3.63, 3.8) is 0 Å². The summed E-state index contributed by atoms with van der Waals surface area (Å²) in [5.41, 5.74) is 0.618. The number of aromatic nitrogens is 1. The number of aromatic carboxylic acids is 1. The molecule has 1 heterocycles. The van der Waals surface area contributed by atoms with Crippen molar-refractivity contribution in [2.45, 2.75) is 6.92 Å². The third-order valence-electron chi connectivity index (χ3n) is 2.32. The summed E-state index contributed by atoms with van der Waals surface area (Å²) >= 11 is 0.937. The van der Waals surface area contributed by atoms with E-state index in [0.29, 0.717) is 16.3 Å². The highest BCUT2D eigenvalue weighted by Gasteiger charge is 2.20. The molecular formula is C11H8N2O4S. The molecule has 0 spiro atoms. The molecule has 1 N–H and O–H groups in total. The summed E-state index contributed by atoms with van der Waals surface area (Å²) in [5, 5.41) is 20.2. The number of nitrogens with zero attached hydrogens (tertiary/aromatic N) is 2. The molecule has 7 heteroatoms. The fourth-order valence-electron chi connectivity index (χ4n) is 1.52. The average Bonchev–Trinajstić information content (AvgIpc) is 2.71. The molecule has 0 radical (unpaired) electrons. The molecule has 18 heavy (non-hydrogen) atoms. The number of carboxylic acid groups (broad SMARTS) is 1. The van der Waals surface area contributed by atoms with Gasteiger partial charge in [-0.3, -0.25) is 10.1 Å². The van der Waals surface area contributed by atoms with E-state index < -0.39 is 10.9 Å². The Hall–Kier alpha value is -2.28. The molecule has 0 atom stereocenters. The van der Waals surface area contributed by atoms with Crippen LogP contribution in [0.3, 0.4) is 0 Å². The van der Waals surface area contributed by atoms with Crippen molar-refractivity contribution >= 4 is 23.0 Å². The maximum absolute atomic E-state index is 10.9. The molecule has 1 aromatic heterocycles. The van der Waals surface area contributed by atoms with E-state index in [-0.39, 0.29) is 10.6 Å². The van der Waals surface area contributed by atoms with Gasteiger partial charge in [0, 0.05) is 6.07 Å². The van der Waals surface area contributed by atoms with Crippen LogP contribution in [0.5, 0.6) is 0 Å². The van der Waals surface area contributed by atoms with Crippen molar-refractivity contribution in [1.82, 2.24) is 4.98 Å². The highest BCUT2D eigenvalue weighted by molar-refractivity contribution is 7.17. The summed E-state index contributed by atoms with van der Waals surface area (Å²) in [7, 11) is 0. The molecule has 0 unspecified atom stereocenters. The second-order valence-electron chi connectivity index (χ2n) is 3.51. The van der Waals surface area contributed by atoms with Gasteiger partial charge in [0.2, 0.25) is 0 Å². The number of hydrogen-bond donors (Lipinski definition) is 1. The fourth-order valence-corrected chi connectivity index (χ4v) is 2.46. The first-order valence-corrected chi connectivity index (χ1v) is 5.77. The average molecular weight is 264 g/mol. The van der Waals surface area contributed by atoms with Crippen LogP contribution in [-0.4, -0.2) is 21.0 Å². The predicted molar refractivity (Wildman–Crippen MR) is 65.9 cm³/mol. The molecule has 0 saturated heterocycles. The van der Waals surface area contributed by atoms with Crippen LogP contribution in [0.1, 0.15) is 15.4 Å². The van der Waals surface area contributed by atoms with Gasteiger partial charge in [-0.05, 0) is 13.0 Å². The lowest BCUT2D eigenvalue weighted by atomic mass is 10.2. The van der Waals surface area contributed by atoms with Crippen molar-refractivity contribution in [3.05, 3.63) is 45.0 Å². The minimum absolute atomic E-state index is 0.0804. The number of carbonyl (C=O) groups is 1. The number of rotatable bonds is 3.